The summed E-state index contributed by atoms with van der Waals surface area (Å²) < 4.78 is 51.0. The minimum atomic E-state index is -4.83. The summed E-state index contributed by atoms with van der Waals surface area (Å²) in [7, 11) is -4.83. The van der Waals surface area contributed by atoms with E-state index >= 15 is 0 Å². The fourth-order valence-electron chi connectivity index (χ4n) is 11.0. The molecule has 0 bridgehead atoms. The molecule has 0 unspecified atom stereocenters. The van der Waals surface area contributed by atoms with Crippen LogP contribution in [0.15, 0.2) is 0 Å². The molecule has 5 aliphatic rings. The maximum atomic E-state index is 12.8. The quantitative estimate of drug-likeness (QED) is 0.144. The average Bonchev–Trinajstić information content (AvgIpc) is 3.30. The molecule has 47 heavy (non-hydrogen) atoms. The summed E-state index contributed by atoms with van der Waals surface area (Å²) >= 11 is 0. The zero-order valence-corrected chi connectivity index (χ0v) is 28.8. The van der Waals surface area contributed by atoms with E-state index in [0.29, 0.717) is 25.7 Å². The highest BCUT2D eigenvalue weighted by atomic mass is 32.3. The van der Waals surface area contributed by atoms with Gasteiger partial charge in [0, 0.05) is 12.8 Å². The Hall–Kier alpha value is -1.23. The van der Waals surface area contributed by atoms with Gasteiger partial charge in [-0.1, -0.05) is 27.7 Å². The molecule has 15 atom stereocenters. The van der Waals surface area contributed by atoms with Crippen molar-refractivity contribution in [3.05, 3.63) is 0 Å². The number of rotatable bonds is 10. The number of carbonyl (C=O) groups excluding carboxylic acids is 1. The summed E-state index contributed by atoms with van der Waals surface area (Å²) in [5, 5.41) is 52.0. The third-order valence-electron chi connectivity index (χ3n) is 12.9. The Bertz CT molecular complexity index is 1290. The summed E-state index contributed by atoms with van der Waals surface area (Å²) in [5.41, 5.74) is -1.84. The van der Waals surface area contributed by atoms with Crippen LogP contribution in [0.25, 0.3) is 0 Å². The first-order valence-electron chi connectivity index (χ1n) is 17.2. The molecule has 4 aliphatic carbocycles. The van der Waals surface area contributed by atoms with E-state index in [0.717, 1.165) is 25.7 Å². The van der Waals surface area contributed by atoms with Crippen molar-refractivity contribution < 1.29 is 61.7 Å². The number of ether oxygens (including phenoxy) is 2. The molecule has 0 radical (unpaired) electrons. The second kappa shape index (κ2) is 13.1. The number of aliphatic hydroxyl groups excluding tert-OH is 3. The highest BCUT2D eigenvalue weighted by Gasteiger charge is 2.65. The summed E-state index contributed by atoms with van der Waals surface area (Å²) in [6, 6.07) is 0. The van der Waals surface area contributed by atoms with E-state index in [9.17, 15) is 48.1 Å². The number of aliphatic carboxylic acids is 1. The lowest BCUT2D eigenvalue weighted by molar-refractivity contribution is -0.311. The first-order chi connectivity index (χ1) is 21.7. The second-order valence-electron chi connectivity index (χ2n) is 16.4. The summed E-state index contributed by atoms with van der Waals surface area (Å²) in [6.45, 7) is 10.1. The number of ketones is 1. The van der Waals surface area contributed by atoms with E-state index in [1.165, 1.54) is 0 Å². The largest absolute Gasteiger partial charge is 0.479 e. The van der Waals surface area contributed by atoms with Gasteiger partial charge in [0.15, 0.2) is 12.4 Å². The molecule has 0 amide bonds. The number of carboxylic acids is 1. The van der Waals surface area contributed by atoms with Crippen LogP contribution in [0.4, 0.5) is 0 Å². The summed E-state index contributed by atoms with van der Waals surface area (Å²) in [6.07, 6.45) is -4.68. The van der Waals surface area contributed by atoms with Crippen molar-refractivity contribution >= 4 is 22.2 Å². The number of aliphatic hydroxyl groups is 4. The van der Waals surface area contributed by atoms with E-state index in [4.69, 9.17) is 13.7 Å². The van der Waals surface area contributed by atoms with E-state index in [1.807, 2.05) is 13.8 Å². The van der Waals surface area contributed by atoms with E-state index in [1.54, 1.807) is 6.92 Å². The SMILES string of the molecule is CC(C)CC(=O)C[C@](C)(O)[C@H]1CC[C@@H]2[C@@H]3C[C@H](OS(=O)(=O)O)[C@H]4C[C@@H](O[C@@H]5O[C@H](C(=O)O)[C@@H](O)[C@H](O)[C@H]5O)CC[C@]4(C)[C@@H]3CC[C@@]21C. The van der Waals surface area contributed by atoms with Crippen LogP contribution in [0, 0.1) is 46.3 Å². The van der Waals surface area contributed by atoms with Gasteiger partial charge in [-0.2, -0.15) is 8.42 Å². The van der Waals surface area contributed by atoms with Crippen molar-refractivity contribution in [2.24, 2.45) is 46.3 Å². The molecule has 0 spiro atoms. The minimum absolute atomic E-state index is 0.0506. The molecule has 1 saturated heterocycles. The fraction of sp³-hybridized carbons (Fsp3) is 0.939. The molecule has 13 nitrogen and oxygen atoms in total. The van der Waals surface area contributed by atoms with Crippen molar-refractivity contribution in [3.63, 3.8) is 0 Å². The van der Waals surface area contributed by atoms with Crippen LogP contribution in [0.3, 0.4) is 0 Å². The Kier molecular flexibility index (Phi) is 10.4. The third-order valence-corrected chi connectivity index (χ3v) is 13.4. The maximum absolute atomic E-state index is 12.8. The van der Waals surface area contributed by atoms with Crippen molar-refractivity contribution in [1.82, 2.24) is 0 Å². The molecule has 1 heterocycles. The molecule has 5 rings (SSSR count). The zero-order valence-electron chi connectivity index (χ0n) is 28.0. The molecule has 270 valence electrons. The van der Waals surface area contributed by atoms with Crippen molar-refractivity contribution in [2.75, 3.05) is 0 Å². The molecular formula is C33H54O13S. The topological polar surface area (TPSA) is 217 Å². The molecular weight excluding hydrogens is 636 g/mol. The number of hydrogen-bond acceptors (Lipinski definition) is 11. The predicted octanol–water partition coefficient (Wildman–Crippen LogP) is 2.48. The molecule has 1 aliphatic heterocycles. The van der Waals surface area contributed by atoms with Gasteiger partial charge < -0.3 is 35.0 Å². The Morgan fingerprint density at radius 2 is 1.57 bits per heavy atom. The molecule has 5 fully saturated rings. The van der Waals surface area contributed by atoms with Crippen LogP contribution in [0.1, 0.15) is 98.8 Å². The zero-order chi connectivity index (χ0) is 34.9. The number of hydrogen-bond donors (Lipinski definition) is 6. The molecule has 6 N–H and O–H groups in total. The van der Waals surface area contributed by atoms with Crippen molar-refractivity contribution in [2.45, 2.75) is 147 Å². The number of Topliss-reactive ketones (excluding diaryl/α,β-unsaturated/α-hetero) is 1. The van der Waals surface area contributed by atoms with Gasteiger partial charge in [-0.05, 0) is 105 Å². The van der Waals surface area contributed by atoms with Crippen LogP contribution in [0.5, 0.6) is 0 Å². The lowest BCUT2D eigenvalue weighted by atomic mass is 9.43. The Morgan fingerprint density at radius 3 is 2.19 bits per heavy atom. The number of carbonyl (C=O) groups is 2. The minimum Gasteiger partial charge on any atom is -0.479 e. The highest BCUT2D eigenvalue weighted by molar-refractivity contribution is 7.80. The van der Waals surface area contributed by atoms with Crippen LogP contribution >= 0.6 is 0 Å². The predicted molar refractivity (Wildman–Crippen MR) is 166 cm³/mol. The fourth-order valence-corrected chi connectivity index (χ4v) is 11.6. The van der Waals surface area contributed by atoms with E-state index in [-0.39, 0.29) is 59.5 Å². The molecule has 14 heteroatoms. The lowest BCUT2D eigenvalue weighted by Crippen LogP contribution is -2.62. The van der Waals surface area contributed by atoms with Gasteiger partial charge >= 0.3 is 16.4 Å². The number of carboxylic acid groups (broad SMARTS) is 1. The molecule has 0 aromatic carbocycles. The highest BCUT2D eigenvalue weighted by Crippen LogP contribution is 2.69. The Labute approximate surface area is 277 Å². The van der Waals surface area contributed by atoms with Crippen LogP contribution in [-0.2, 0) is 33.6 Å². The standard InChI is InChI=1S/C33H54O13S/c1-16(2)12-17(34)15-33(5,40)24-7-6-20-19-14-23(46-47(41,42)43)22-13-18(8-10-31(22,3)21(19)9-11-32(20,24)4)44-30-27(37)25(35)26(36)28(45-30)29(38)39/h16,18-28,30,35-37,40H,6-15H2,1-5H3,(H,38,39)(H,41,42,43)/t18-,19-,20+,21+,22+,23-,24-,25-,26-,27+,28-,30+,31+,32-,33-/m0/s1. The first kappa shape index (κ1) is 37.0. The normalized spacial score (nSPS) is 46.6. The van der Waals surface area contributed by atoms with Gasteiger partial charge in [-0.15, -0.1) is 0 Å². The second-order valence-corrected chi connectivity index (χ2v) is 17.4. The van der Waals surface area contributed by atoms with Gasteiger partial charge in [0.05, 0.1) is 17.8 Å². The Balaban J connectivity index is 1.37. The Morgan fingerprint density at radius 1 is 0.936 bits per heavy atom. The van der Waals surface area contributed by atoms with Crippen molar-refractivity contribution in [3.8, 4) is 0 Å². The van der Waals surface area contributed by atoms with Crippen molar-refractivity contribution in [1.29, 1.82) is 0 Å². The van der Waals surface area contributed by atoms with Crippen LogP contribution < -0.4 is 0 Å². The van der Waals surface area contributed by atoms with E-state index in [2.05, 4.69) is 13.8 Å². The van der Waals surface area contributed by atoms with Gasteiger partial charge in [0.25, 0.3) is 0 Å². The van der Waals surface area contributed by atoms with Crippen LogP contribution in [0.2, 0.25) is 0 Å². The third kappa shape index (κ3) is 7.05. The first-order valence-corrected chi connectivity index (χ1v) is 18.5. The average molecular weight is 691 g/mol. The summed E-state index contributed by atoms with van der Waals surface area (Å²) in [4.78, 5) is 24.4. The lowest BCUT2D eigenvalue weighted by Gasteiger charge is -2.63. The van der Waals surface area contributed by atoms with Gasteiger partial charge in [-0.25, -0.2) is 8.98 Å². The van der Waals surface area contributed by atoms with Gasteiger partial charge in [-0.3, -0.25) is 9.35 Å². The van der Waals surface area contributed by atoms with Gasteiger partial charge in [0.1, 0.15) is 24.1 Å². The monoisotopic (exact) mass is 690 g/mol. The number of fused-ring (bicyclic) bond motifs is 5. The molecule has 0 aromatic rings. The maximum Gasteiger partial charge on any atom is 0.397 e. The smallest absolute Gasteiger partial charge is 0.397 e. The van der Waals surface area contributed by atoms with Gasteiger partial charge in [0.2, 0.25) is 0 Å². The van der Waals surface area contributed by atoms with Crippen LogP contribution in [-0.4, -0.2) is 98.8 Å². The summed E-state index contributed by atoms with van der Waals surface area (Å²) in [5.74, 6) is -1.33. The van der Waals surface area contributed by atoms with E-state index < -0.39 is 70.3 Å². The molecule has 4 saturated carbocycles. The molecule has 0 aromatic heterocycles.